The second kappa shape index (κ2) is 7.03. The topological polar surface area (TPSA) is 97.6 Å². The highest BCUT2D eigenvalue weighted by Gasteiger charge is 2.22. The molecule has 3 N–H and O–H groups in total. The highest BCUT2D eigenvalue weighted by Crippen LogP contribution is 2.35. The van der Waals surface area contributed by atoms with Crippen LogP contribution in [0, 0.1) is 0 Å². The summed E-state index contributed by atoms with van der Waals surface area (Å²) < 4.78 is 5.48. The first-order valence-corrected chi connectivity index (χ1v) is 8.68. The monoisotopic (exact) mass is 374 g/mol. The molecule has 0 atom stereocenters. The van der Waals surface area contributed by atoms with Gasteiger partial charge >= 0.3 is 0 Å². The van der Waals surface area contributed by atoms with Gasteiger partial charge in [-0.2, -0.15) is 0 Å². The molecule has 0 aliphatic carbocycles. The molecular formula is C21H18N4O3. The Bertz CT molecular complexity index is 1080. The van der Waals surface area contributed by atoms with Gasteiger partial charge in [-0.25, -0.2) is 4.98 Å². The molecule has 0 radical (unpaired) electrons. The molecule has 0 saturated heterocycles. The van der Waals surface area contributed by atoms with Crippen LogP contribution in [0.4, 0.5) is 17.2 Å². The second-order valence-electron chi connectivity index (χ2n) is 6.42. The molecule has 1 aromatic heterocycles. The number of amides is 2. The number of hydrogen-bond acceptors (Lipinski definition) is 5. The SMILES string of the molecule is CN1C(=O)COc2ccc(-c3ccnc(Nc4cccc(C(N)=O)c4)c3)cc21. The zero-order valence-electron chi connectivity index (χ0n) is 15.2. The summed E-state index contributed by atoms with van der Waals surface area (Å²) >= 11 is 0. The highest BCUT2D eigenvalue weighted by atomic mass is 16.5. The summed E-state index contributed by atoms with van der Waals surface area (Å²) in [4.78, 5) is 29.2. The predicted octanol–water partition coefficient (Wildman–Crippen LogP) is 2.95. The van der Waals surface area contributed by atoms with E-state index in [9.17, 15) is 9.59 Å². The molecule has 7 heteroatoms. The summed E-state index contributed by atoms with van der Waals surface area (Å²) in [6, 6.07) is 16.4. The Morgan fingerprint density at radius 3 is 2.79 bits per heavy atom. The number of primary amides is 1. The number of ether oxygens (including phenoxy) is 1. The van der Waals surface area contributed by atoms with E-state index in [4.69, 9.17) is 10.5 Å². The van der Waals surface area contributed by atoms with E-state index in [1.807, 2.05) is 36.4 Å². The average Bonchev–Trinajstić information content (AvgIpc) is 2.71. The van der Waals surface area contributed by atoms with Gasteiger partial charge in [0, 0.05) is 24.5 Å². The van der Waals surface area contributed by atoms with Gasteiger partial charge in [-0.05, 0) is 53.6 Å². The van der Waals surface area contributed by atoms with Crippen molar-refractivity contribution in [3.8, 4) is 16.9 Å². The molecule has 2 heterocycles. The minimum atomic E-state index is -0.486. The Hall–Kier alpha value is -3.87. The van der Waals surface area contributed by atoms with Crippen molar-refractivity contribution in [2.75, 3.05) is 23.9 Å². The Balaban J connectivity index is 1.64. The number of carbonyl (C=O) groups is 2. The Morgan fingerprint density at radius 1 is 1.14 bits per heavy atom. The first kappa shape index (κ1) is 17.5. The first-order chi connectivity index (χ1) is 13.5. The van der Waals surface area contributed by atoms with Crippen LogP contribution in [-0.2, 0) is 4.79 Å². The van der Waals surface area contributed by atoms with Crippen LogP contribution in [0.25, 0.3) is 11.1 Å². The minimum Gasteiger partial charge on any atom is -0.482 e. The number of likely N-dealkylation sites (N-methyl/N-ethyl adjacent to an activating group) is 1. The van der Waals surface area contributed by atoms with Crippen LogP contribution in [-0.4, -0.2) is 30.5 Å². The molecule has 2 amide bonds. The van der Waals surface area contributed by atoms with E-state index in [2.05, 4.69) is 10.3 Å². The molecular weight excluding hydrogens is 356 g/mol. The zero-order valence-corrected chi connectivity index (χ0v) is 15.2. The number of hydrogen-bond donors (Lipinski definition) is 2. The van der Waals surface area contributed by atoms with Gasteiger partial charge in [0.25, 0.3) is 5.91 Å². The average molecular weight is 374 g/mol. The third kappa shape index (κ3) is 3.37. The molecule has 0 spiro atoms. The van der Waals surface area contributed by atoms with Gasteiger partial charge in [0.05, 0.1) is 5.69 Å². The van der Waals surface area contributed by atoms with Gasteiger partial charge in [0.15, 0.2) is 6.61 Å². The maximum absolute atomic E-state index is 11.9. The summed E-state index contributed by atoms with van der Waals surface area (Å²) in [5.41, 5.74) is 9.06. The van der Waals surface area contributed by atoms with Crippen molar-refractivity contribution in [2.45, 2.75) is 0 Å². The predicted molar refractivity (Wildman–Crippen MR) is 107 cm³/mol. The van der Waals surface area contributed by atoms with E-state index >= 15 is 0 Å². The van der Waals surface area contributed by atoms with Gasteiger partial charge in [-0.3, -0.25) is 9.59 Å². The van der Waals surface area contributed by atoms with E-state index < -0.39 is 5.91 Å². The summed E-state index contributed by atoms with van der Waals surface area (Å²) in [6.45, 7) is 0.0521. The highest BCUT2D eigenvalue weighted by molar-refractivity contribution is 5.98. The van der Waals surface area contributed by atoms with Crippen molar-refractivity contribution in [1.29, 1.82) is 0 Å². The molecule has 0 unspecified atom stereocenters. The normalized spacial score (nSPS) is 12.9. The number of anilines is 3. The molecule has 7 nitrogen and oxygen atoms in total. The van der Waals surface area contributed by atoms with Crippen molar-refractivity contribution < 1.29 is 14.3 Å². The summed E-state index contributed by atoms with van der Waals surface area (Å²) in [6.07, 6.45) is 1.69. The number of pyridine rings is 1. The molecule has 0 saturated carbocycles. The third-order valence-electron chi connectivity index (χ3n) is 4.56. The second-order valence-corrected chi connectivity index (χ2v) is 6.42. The first-order valence-electron chi connectivity index (χ1n) is 8.68. The van der Waals surface area contributed by atoms with Gasteiger partial charge in [-0.15, -0.1) is 0 Å². The number of nitrogens with one attached hydrogen (secondary N) is 1. The fraction of sp³-hybridized carbons (Fsp3) is 0.0952. The molecule has 0 fully saturated rings. The number of nitrogens with two attached hydrogens (primary N) is 1. The van der Waals surface area contributed by atoms with E-state index in [1.165, 1.54) is 0 Å². The quantitative estimate of drug-likeness (QED) is 0.732. The van der Waals surface area contributed by atoms with Crippen LogP contribution in [0.1, 0.15) is 10.4 Å². The Morgan fingerprint density at radius 2 is 1.96 bits per heavy atom. The number of fused-ring (bicyclic) bond motifs is 1. The number of rotatable bonds is 4. The third-order valence-corrected chi connectivity index (χ3v) is 4.56. The smallest absolute Gasteiger partial charge is 0.264 e. The molecule has 3 aromatic rings. The van der Waals surface area contributed by atoms with E-state index in [1.54, 1.807) is 36.3 Å². The maximum atomic E-state index is 11.9. The lowest BCUT2D eigenvalue weighted by Crippen LogP contribution is -2.35. The Labute approximate surface area is 161 Å². The summed E-state index contributed by atoms with van der Waals surface area (Å²) in [5.74, 6) is 0.732. The molecule has 4 rings (SSSR count). The fourth-order valence-electron chi connectivity index (χ4n) is 3.03. The lowest BCUT2D eigenvalue weighted by atomic mass is 10.0. The number of benzene rings is 2. The Kier molecular flexibility index (Phi) is 4.41. The van der Waals surface area contributed by atoms with Gasteiger partial charge in [0.1, 0.15) is 11.6 Å². The van der Waals surface area contributed by atoms with Crippen molar-refractivity contribution in [2.24, 2.45) is 5.73 Å². The molecule has 140 valence electrons. The lowest BCUT2D eigenvalue weighted by Gasteiger charge is -2.26. The standard InChI is InChI=1S/C21H18N4O3/c1-25-17-10-13(5-6-18(17)28-12-20(25)26)14-7-8-23-19(11-14)24-16-4-2-3-15(9-16)21(22)27/h2-11H,12H2,1H3,(H2,22,27)(H,23,24). The van der Waals surface area contributed by atoms with Crippen molar-refractivity contribution >= 4 is 29.0 Å². The van der Waals surface area contributed by atoms with Crippen LogP contribution in [0.3, 0.4) is 0 Å². The number of carbonyl (C=O) groups excluding carboxylic acids is 2. The zero-order chi connectivity index (χ0) is 19.7. The summed E-state index contributed by atoms with van der Waals surface area (Å²) in [7, 11) is 1.73. The van der Waals surface area contributed by atoms with Crippen molar-refractivity contribution in [1.82, 2.24) is 4.98 Å². The summed E-state index contributed by atoms with van der Waals surface area (Å²) in [5, 5.41) is 3.18. The van der Waals surface area contributed by atoms with Gasteiger partial charge in [0.2, 0.25) is 5.91 Å². The van der Waals surface area contributed by atoms with Crippen molar-refractivity contribution in [3.05, 3.63) is 66.4 Å². The van der Waals surface area contributed by atoms with E-state index in [0.29, 0.717) is 22.8 Å². The van der Waals surface area contributed by atoms with Crippen LogP contribution in [0.5, 0.6) is 5.75 Å². The van der Waals surface area contributed by atoms with E-state index in [-0.39, 0.29) is 12.5 Å². The molecule has 1 aliphatic heterocycles. The lowest BCUT2D eigenvalue weighted by molar-refractivity contribution is -0.120. The number of aromatic nitrogens is 1. The van der Waals surface area contributed by atoms with Gasteiger partial charge < -0.3 is 20.7 Å². The van der Waals surface area contributed by atoms with E-state index in [0.717, 1.165) is 16.8 Å². The number of nitrogens with zero attached hydrogens (tertiary/aromatic N) is 2. The fourth-order valence-corrected chi connectivity index (χ4v) is 3.03. The van der Waals surface area contributed by atoms with Crippen LogP contribution in [0.2, 0.25) is 0 Å². The molecule has 0 bridgehead atoms. The van der Waals surface area contributed by atoms with Crippen LogP contribution in [0.15, 0.2) is 60.8 Å². The largest absolute Gasteiger partial charge is 0.482 e. The minimum absolute atomic E-state index is 0.0521. The van der Waals surface area contributed by atoms with Crippen molar-refractivity contribution in [3.63, 3.8) is 0 Å². The molecule has 2 aromatic carbocycles. The maximum Gasteiger partial charge on any atom is 0.264 e. The van der Waals surface area contributed by atoms with Crippen LogP contribution < -0.4 is 20.7 Å². The van der Waals surface area contributed by atoms with Gasteiger partial charge in [-0.1, -0.05) is 12.1 Å². The van der Waals surface area contributed by atoms with Crippen LogP contribution >= 0.6 is 0 Å². The molecule has 1 aliphatic rings. The molecule has 28 heavy (non-hydrogen) atoms.